The second-order valence-electron chi connectivity index (χ2n) is 3.64. The number of nitrogens with two attached hydrogens (primary N) is 1. The van der Waals surface area contributed by atoms with E-state index in [0.29, 0.717) is 0 Å². The monoisotopic (exact) mass is 249 g/mol. The molecule has 1 heterocycles. The molecule has 2 rings (SSSR count). The number of aryl methyl sites for hydroxylation is 1. The van der Waals surface area contributed by atoms with E-state index in [2.05, 4.69) is 9.97 Å². The molecule has 0 saturated carbocycles. The van der Waals surface area contributed by atoms with Gasteiger partial charge in [-0.05, 0) is 24.6 Å². The highest BCUT2D eigenvalue weighted by Gasteiger charge is 2.08. The lowest BCUT2D eigenvalue weighted by Crippen LogP contribution is -2.00. The molecule has 0 saturated heterocycles. The number of nitrogens with zero attached hydrogens (tertiary/aromatic N) is 2. The van der Waals surface area contributed by atoms with Crippen LogP contribution < -0.4 is 15.2 Å². The maximum atomic E-state index is 13.5. The summed E-state index contributed by atoms with van der Waals surface area (Å²) in [6.45, 7) is 1.83. The van der Waals surface area contributed by atoms with Crippen LogP contribution in [0.1, 0.15) is 5.56 Å². The Balaban J connectivity index is 2.33. The summed E-state index contributed by atoms with van der Waals surface area (Å²) in [5, 5.41) is 0. The van der Waals surface area contributed by atoms with Gasteiger partial charge in [-0.25, -0.2) is 4.39 Å². The molecule has 94 valence electrons. The molecule has 6 heteroatoms. The van der Waals surface area contributed by atoms with E-state index in [1.54, 1.807) is 12.1 Å². The third-order valence-corrected chi connectivity index (χ3v) is 2.21. The SMILES string of the molecule is COc1cc(Oc2cc(C)ccc2F)nc(N)n1. The summed E-state index contributed by atoms with van der Waals surface area (Å²) in [5.74, 6) is -0.0151. The molecular weight excluding hydrogens is 237 g/mol. The maximum Gasteiger partial charge on any atom is 0.228 e. The van der Waals surface area contributed by atoms with Crippen LogP contribution in [0.3, 0.4) is 0 Å². The van der Waals surface area contributed by atoms with Crippen molar-refractivity contribution in [1.82, 2.24) is 9.97 Å². The van der Waals surface area contributed by atoms with Gasteiger partial charge in [0, 0.05) is 0 Å². The van der Waals surface area contributed by atoms with Crippen LogP contribution in [-0.2, 0) is 0 Å². The number of benzene rings is 1. The van der Waals surface area contributed by atoms with Crippen LogP contribution >= 0.6 is 0 Å². The first kappa shape index (κ1) is 12.1. The van der Waals surface area contributed by atoms with Crippen molar-refractivity contribution in [3.05, 3.63) is 35.6 Å². The fourth-order valence-electron chi connectivity index (χ4n) is 1.38. The Labute approximate surface area is 103 Å². The van der Waals surface area contributed by atoms with Crippen molar-refractivity contribution in [1.29, 1.82) is 0 Å². The predicted molar refractivity (Wildman–Crippen MR) is 64.2 cm³/mol. The minimum absolute atomic E-state index is 0.00240. The van der Waals surface area contributed by atoms with E-state index in [4.69, 9.17) is 15.2 Å². The molecule has 1 aromatic heterocycles. The van der Waals surface area contributed by atoms with Gasteiger partial charge in [0.1, 0.15) is 0 Å². The van der Waals surface area contributed by atoms with Gasteiger partial charge >= 0.3 is 0 Å². The summed E-state index contributed by atoms with van der Waals surface area (Å²) in [4.78, 5) is 7.65. The van der Waals surface area contributed by atoms with Crippen molar-refractivity contribution >= 4 is 5.95 Å². The molecule has 0 fully saturated rings. The molecule has 0 radical (unpaired) electrons. The number of rotatable bonds is 3. The Morgan fingerprint density at radius 1 is 1.17 bits per heavy atom. The van der Waals surface area contributed by atoms with Crippen molar-refractivity contribution in [3.8, 4) is 17.5 Å². The smallest absolute Gasteiger partial charge is 0.228 e. The quantitative estimate of drug-likeness (QED) is 0.903. The van der Waals surface area contributed by atoms with Crippen LogP contribution in [0, 0.1) is 12.7 Å². The summed E-state index contributed by atoms with van der Waals surface area (Å²) in [6.07, 6.45) is 0. The third-order valence-electron chi connectivity index (χ3n) is 2.21. The number of aromatic nitrogens is 2. The lowest BCUT2D eigenvalue weighted by atomic mass is 10.2. The minimum Gasteiger partial charge on any atom is -0.481 e. The zero-order valence-corrected chi connectivity index (χ0v) is 9.98. The molecule has 0 aliphatic heterocycles. The molecule has 0 aliphatic carbocycles. The van der Waals surface area contributed by atoms with Gasteiger partial charge in [0.25, 0.3) is 0 Å². The Morgan fingerprint density at radius 3 is 2.61 bits per heavy atom. The van der Waals surface area contributed by atoms with Gasteiger partial charge in [-0.3, -0.25) is 0 Å². The molecule has 1 aromatic carbocycles. The number of halogens is 1. The molecule has 18 heavy (non-hydrogen) atoms. The Bertz CT molecular complexity index is 575. The summed E-state index contributed by atoms with van der Waals surface area (Å²) in [6, 6.07) is 5.97. The van der Waals surface area contributed by atoms with Crippen LogP contribution in [-0.4, -0.2) is 17.1 Å². The highest BCUT2D eigenvalue weighted by atomic mass is 19.1. The molecule has 2 aromatic rings. The van der Waals surface area contributed by atoms with Gasteiger partial charge in [0.15, 0.2) is 11.6 Å². The van der Waals surface area contributed by atoms with Crippen LogP contribution in [0.4, 0.5) is 10.3 Å². The normalized spacial score (nSPS) is 10.2. The number of ether oxygens (including phenoxy) is 2. The summed E-state index contributed by atoms with van der Waals surface area (Å²) < 4.78 is 23.8. The van der Waals surface area contributed by atoms with Gasteiger partial charge in [-0.2, -0.15) is 9.97 Å². The molecule has 0 atom stereocenters. The molecule has 0 unspecified atom stereocenters. The highest BCUT2D eigenvalue weighted by molar-refractivity contribution is 5.35. The number of hydrogen-bond acceptors (Lipinski definition) is 5. The number of methoxy groups -OCH3 is 1. The lowest BCUT2D eigenvalue weighted by molar-refractivity contribution is 0.385. The van der Waals surface area contributed by atoms with E-state index in [9.17, 15) is 4.39 Å². The van der Waals surface area contributed by atoms with E-state index in [1.807, 2.05) is 6.92 Å². The molecule has 0 spiro atoms. The van der Waals surface area contributed by atoms with Crippen LogP contribution in [0.15, 0.2) is 24.3 Å². The first-order valence-electron chi connectivity index (χ1n) is 5.21. The highest BCUT2D eigenvalue weighted by Crippen LogP contribution is 2.26. The van der Waals surface area contributed by atoms with Crippen molar-refractivity contribution < 1.29 is 13.9 Å². The zero-order valence-electron chi connectivity index (χ0n) is 9.98. The average molecular weight is 249 g/mol. The second kappa shape index (κ2) is 4.87. The number of nitrogen functional groups attached to an aromatic ring is 1. The third kappa shape index (κ3) is 2.65. The maximum absolute atomic E-state index is 13.5. The zero-order chi connectivity index (χ0) is 13.1. The molecule has 0 aliphatic rings. The van der Waals surface area contributed by atoms with Crippen molar-refractivity contribution in [2.75, 3.05) is 12.8 Å². The van der Waals surface area contributed by atoms with Gasteiger partial charge in [-0.15, -0.1) is 0 Å². The first-order valence-corrected chi connectivity index (χ1v) is 5.21. The Kier molecular flexibility index (Phi) is 3.27. The Hall–Kier alpha value is -2.37. The molecule has 5 nitrogen and oxygen atoms in total. The Morgan fingerprint density at radius 2 is 1.89 bits per heavy atom. The van der Waals surface area contributed by atoms with Gasteiger partial charge < -0.3 is 15.2 Å². The molecule has 0 bridgehead atoms. The van der Waals surface area contributed by atoms with E-state index >= 15 is 0 Å². The van der Waals surface area contributed by atoms with E-state index in [-0.39, 0.29) is 23.5 Å². The number of hydrogen-bond donors (Lipinski definition) is 1. The van der Waals surface area contributed by atoms with Gasteiger partial charge in [0.2, 0.25) is 17.7 Å². The van der Waals surface area contributed by atoms with Crippen molar-refractivity contribution in [2.45, 2.75) is 6.92 Å². The second-order valence-corrected chi connectivity index (χ2v) is 3.64. The van der Waals surface area contributed by atoms with Crippen molar-refractivity contribution in [2.24, 2.45) is 0 Å². The lowest BCUT2D eigenvalue weighted by Gasteiger charge is -2.08. The van der Waals surface area contributed by atoms with Crippen molar-refractivity contribution in [3.63, 3.8) is 0 Å². The summed E-state index contributed by atoms with van der Waals surface area (Å²) in [7, 11) is 1.44. The average Bonchev–Trinajstić information content (AvgIpc) is 2.33. The molecular formula is C12H12FN3O2. The first-order chi connectivity index (χ1) is 8.58. The standard InChI is InChI=1S/C12H12FN3O2/c1-7-3-4-8(13)9(5-7)18-11-6-10(17-2)15-12(14)16-11/h3-6H,1-2H3,(H2,14,15,16). The number of anilines is 1. The molecule has 2 N–H and O–H groups in total. The summed E-state index contributed by atoms with van der Waals surface area (Å²) >= 11 is 0. The minimum atomic E-state index is -0.475. The van der Waals surface area contributed by atoms with E-state index in [1.165, 1.54) is 19.2 Å². The van der Waals surface area contributed by atoms with Crippen LogP contribution in [0.5, 0.6) is 17.5 Å². The topological polar surface area (TPSA) is 70.3 Å². The largest absolute Gasteiger partial charge is 0.481 e. The van der Waals surface area contributed by atoms with Crippen LogP contribution in [0.2, 0.25) is 0 Å². The summed E-state index contributed by atoms with van der Waals surface area (Å²) in [5.41, 5.74) is 6.36. The predicted octanol–water partition coefficient (Wildman–Crippen LogP) is 2.31. The van der Waals surface area contributed by atoms with E-state index < -0.39 is 5.82 Å². The fraction of sp³-hybridized carbons (Fsp3) is 0.167. The van der Waals surface area contributed by atoms with Gasteiger partial charge in [0.05, 0.1) is 13.2 Å². The van der Waals surface area contributed by atoms with Gasteiger partial charge in [-0.1, -0.05) is 6.07 Å². The fourth-order valence-corrected chi connectivity index (χ4v) is 1.38. The van der Waals surface area contributed by atoms with E-state index in [0.717, 1.165) is 5.56 Å². The van der Waals surface area contributed by atoms with Crippen LogP contribution in [0.25, 0.3) is 0 Å². The molecule has 0 amide bonds.